The highest BCUT2D eigenvalue weighted by Gasteiger charge is 2.35. The number of aromatic nitrogens is 1. The van der Waals surface area contributed by atoms with Gasteiger partial charge in [0.05, 0.1) is 5.69 Å². The lowest BCUT2D eigenvalue weighted by molar-refractivity contribution is 0.346. The monoisotopic (exact) mass is 203 g/mol. The Morgan fingerprint density at radius 3 is 2.80 bits per heavy atom. The van der Waals surface area contributed by atoms with Crippen LogP contribution in [0.4, 0.5) is 11.5 Å². The number of nitrogens with zero attached hydrogens (tertiary/aromatic N) is 1. The molecule has 0 saturated heterocycles. The topological polar surface area (TPSA) is 37.0 Å². The Balaban J connectivity index is 1.85. The molecule has 0 unspecified atom stereocenters. The van der Waals surface area contributed by atoms with Crippen LogP contribution < -0.4 is 10.6 Å². The zero-order valence-electron chi connectivity index (χ0n) is 8.92. The van der Waals surface area contributed by atoms with E-state index in [-0.39, 0.29) is 0 Å². The van der Waals surface area contributed by atoms with E-state index >= 15 is 0 Å². The highest BCUT2D eigenvalue weighted by atomic mass is 15.1. The number of pyridine rings is 1. The smallest absolute Gasteiger partial charge is 0.149 e. The minimum Gasteiger partial charge on any atom is -0.381 e. The molecule has 1 saturated carbocycles. The third kappa shape index (κ3) is 1.56. The quantitative estimate of drug-likeness (QED) is 0.680. The maximum Gasteiger partial charge on any atom is 0.149 e. The third-order valence-corrected chi connectivity index (χ3v) is 3.76. The minimum atomic E-state index is 0.473. The fraction of sp³-hybridized carbons (Fsp3) is 0.583. The number of hydrogen-bond acceptors (Lipinski definition) is 3. The summed E-state index contributed by atoms with van der Waals surface area (Å²) in [6.07, 6.45) is 7.31. The summed E-state index contributed by atoms with van der Waals surface area (Å²) in [5, 5.41) is 7.02. The van der Waals surface area contributed by atoms with Gasteiger partial charge in [-0.2, -0.15) is 0 Å². The van der Waals surface area contributed by atoms with Crippen molar-refractivity contribution in [2.75, 3.05) is 23.7 Å². The molecule has 0 radical (unpaired) electrons. The van der Waals surface area contributed by atoms with Crippen molar-refractivity contribution in [1.82, 2.24) is 4.98 Å². The van der Waals surface area contributed by atoms with Crippen LogP contribution in [0.15, 0.2) is 18.3 Å². The van der Waals surface area contributed by atoms with Gasteiger partial charge < -0.3 is 10.6 Å². The average Bonchev–Trinajstić information content (AvgIpc) is 2.65. The predicted molar refractivity (Wildman–Crippen MR) is 62.1 cm³/mol. The fourth-order valence-corrected chi connectivity index (χ4v) is 2.78. The first-order valence-electron chi connectivity index (χ1n) is 5.81. The molecule has 0 bridgehead atoms. The maximum atomic E-state index is 4.36. The Morgan fingerprint density at radius 1 is 1.13 bits per heavy atom. The lowest BCUT2D eigenvalue weighted by Crippen LogP contribution is -2.31. The van der Waals surface area contributed by atoms with Crippen LogP contribution in [0.5, 0.6) is 0 Å². The van der Waals surface area contributed by atoms with Crippen LogP contribution in [0, 0.1) is 5.41 Å². The van der Waals surface area contributed by atoms with E-state index in [0.29, 0.717) is 5.41 Å². The molecule has 2 N–H and O–H groups in total. The number of rotatable bonds is 0. The number of hydrogen-bond donors (Lipinski definition) is 2. The van der Waals surface area contributed by atoms with Gasteiger partial charge >= 0.3 is 0 Å². The van der Waals surface area contributed by atoms with E-state index in [4.69, 9.17) is 0 Å². The number of nitrogens with one attached hydrogen (secondary N) is 2. The van der Waals surface area contributed by atoms with Crippen molar-refractivity contribution in [3.63, 3.8) is 0 Å². The molecular weight excluding hydrogens is 186 g/mol. The van der Waals surface area contributed by atoms with E-state index in [1.54, 1.807) is 0 Å². The Bertz CT molecular complexity index is 327. The normalized spacial score (nSPS) is 22.7. The zero-order chi connectivity index (χ0) is 10.1. The number of fused-ring (bicyclic) bond motifs is 1. The molecule has 3 rings (SSSR count). The predicted octanol–water partition coefficient (Wildman–Crippen LogP) is 2.48. The molecule has 2 aliphatic rings. The van der Waals surface area contributed by atoms with Crippen LogP contribution in [0.1, 0.15) is 25.7 Å². The van der Waals surface area contributed by atoms with Crippen LogP contribution in [-0.2, 0) is 0 Å². The summed E-state index contributed by atoms with van der Waals surface area (Å²) in [5.74, 6) is 1.02. The largest absolute Gasteiger partial charge is 0.381 e. The van der Waals surface area contributed by atoms with Gasteiger partial charge in [0, 0.05) is 24.7 Å². The summed E-state index contributed by atoms with van der Waals surface area (Å²) in [7, 11) is 0. The van der Waals surface area contributed by atoms with Gasteiger partial charge in [-0.25, -0.2) is 4.98 Å². The second-order valence-electron chi connectivity index (χ2n) is 4.81. The molecule has 1 aromatic rings. The van der Waals surface area contributed by atoms with Crippen molar-refractivity contribution in [3.8, 4) is 0 Å². The van der Waals surface area contributed by atoms with Crippen molar-refractivity contribution in [3.05, 3.63) is 18.3 Å². The molecule has 3 heteroatoms. The van der Waals surface area contributed by atoms with E-state index in [1.807, 2.05) is 12.3 Å². The van der Waals surface area contributed by atoms with Gasteiger partial charge in [0.15, 0.2) is 0 Å². The highest BCUT2D eigenvalue weighted by molar-refractivity contribution is 5.65. The molecule has 15 heavy (non-hydrogen) atoms. The SMILES string of the molecule is c1cnc2c(c1)NCC1(CCCC1)CN2. The Hall–Kier alpha value is -1.25. The molecule has 1 aromatic heterocycles. The minimum absolute atomic E-state index is 0.473. The first-order valence-corrected chi connectivity index (χ1v) is 5.81. The third-order valence-electron chi connectivity index (χ3n) is 3.76. The highest BCUT2D eigenvalue weighted by Crippen LogP contribution is 2.40. The van der Waals surface area contributed by atoms with Crippen LogP contribution in [0.25, 0.3) is 0 Å². The molecule has 1 aliphatic carbocycles. The first-order chi connectivity index (χ1) is 7.38. The maximum absolute atomic E-state index is 4.36. The lowest BCUT2D eigenvalue weighted by Gasteiger charge is -2.26. The van der Waals surface area contributed by atoms with E-state index in [2.05, 4.69) is 21.7 Å². The van der Waals surface area contributed by atoms with Gasteiger partial charge in [-0.15, -0.1) is 0 Å². The molecule has 2 heterocycles. The zero-order valence-corrected chi connectivity index (χ0v) is 8.92. The van der Waals surface area contributed by atoms with E-state index in [0.717, 1.165) is 24.6 Å². The molecular formula is C12H17N3. The molecule has 0 atom stereocenters. The molecule has 1 spiro atoms. The van der Waals surface area contributed by atoms with Crippen LogP contribution in [0.3, 0.4) is 0 Å². The van der Waals surface area contributed by atoms with Gasteiger partial charge in [-0.05, 0) is 25.0 Å². The Labute approximate surface area is 90.3 Å². The second kappa shape index (κ2) is 3.40. The Kier molecular flexibility index (Phi) is 2.04. The van der Waals surface area contributed by atoms with Crippen molar-refractivity contribution in [1.29, 1.82) is 0 Å². The first kappa shape index (κ1) is 9.01. The van der Waals surface area contributed by atoms with Crippen LogP contribution in [-0.4, -0.2) is 18.1 Å². The summed E-state index contributed by atoms with van der Waals surface area (Å²) in [4.78, 5) is 4.36. The van der Waals surface area contributed by atoms with E-state index in [9.17, 15) is 0 Å². The summed E-state index contributed by atoms with van der Waals surface area (Å²) >= 11 is 0. The summed E-state index contributed by atoms with van der Waals surface area (Å²) < 4.78 is 0. The van der Waals surface area contributed by atoms with Gasteiger partial charge in [0.2, 0.25) is 0 Å². The van der Waals surface area contributed by atoms with Crippen molar-refractivity contribution >= 4 is 11.5 Å². The summed E-state index contributed by atoms with van der Waals surface area (Å²) in [6.45, 7) is 2.17. The summed E-state index contributed by atoms with van der Waals surface area (Å²) in [6, 6.07) is 4.09. The average molecular weight is 203 g/mol. The molecule has 0 aromatic carbocycles. The molecule has 0 amide bonds. The summed E-state index contributed by atoms with van der Waals surface area (Å²) in [5.41, 5.74) is 1.63. The lowest BCUT2D eigenvalue weighted by atomic mass is 9.86. The Morgan fingerprint density at radius 2 is 1.93 bits per heavy atom. The second-order valence-corrected chi connectivity index (χ2v) is 4.81. The van der Waals surface area contributed by atoms with Gasteiger partial charge in [0.25, 0.3) is 0 Å². The van der Waals surface area contributed by atoms with Gasteiger partial charge in [-0.1, -0.05) is 12.8 Å². The molecule has 80 valence electrons. The molecule has 1 aliphatic heterocycles. The standard InChI is InChI=1S/C12H17N3/c1-2-6-12(5-1)8-14-10-4-3-7-13-11(10)15-9-12/h3-4,7,14H,1-2,5-6,8-9H2,(H,13,15). The van der Waals surface area contributed by atoms with Crippen LogP contribution in [0.2, 0.25) is 0 Å². The molecule has 3 nitrogen and oxygen atoms in total. The van der Waals surface area contributed by atoms with Crippen molar-refractivity contribution < 1.29 is 0 Å². The van der Waals surface area contributed by atoms with E-state index in [1.165, 1.54) is 25.7 Å². The van der Waals surface area contributed by atoms with Gasteiger partial charge in [0.1, 0.15) is 5.82 Å². The molecule has 1 fully saturated rings. The van der Waals surface area contributed by atoms with Crippen LogP contribution >= 0.6 is 0 Å². The number of anilines is 2. The van der Waals surface area contributed by atoms with Gasteiger partial charge in [-0.3, -0.25) is 0 Å². The van der Waals surface area contributed by atoms with Crippen molar-refractivity contribution in [2.45, 2.75) is 25.7 Å². The van der Waals surface area contributed by atoms with Crippen molar-refractivity contribution in [2.24, 2.45) is 5.41 Å². The fourth-order valence-electron chi connectivity index (χ4n) is 2.78. The van der Waals surface area contributed by atoms with E-state index < -0.39 is 0 Å².